The first-order valence-corrected chi connectivity index (χ1v) is 8.17. The Kier molecular flexibility index (Phi) is 4.34. The number of alkyl carbamates (subject to hydrolysis) is 1. The predicted molar refractivity (Wildman–Crippen MR) is 86.2 cm³/mol. The summed E-state index contributed by atoms with van der Waals surface area (Å²) in [5.74, 6) is 0. The molecule has 1 aromatic carbocycles. The van der Waals surface area contributed by atoms with Gasteiger partial charge in [-0.05, 0) is 56.4 Å². The number of hydrogen-bond acceptors (Lipinski definition) is 4. The molecular weight excluding hydrogens is 294 g/mol. The van der Waals surface area contributed by atoms with Gasteiger partial charge in [0.25, 0.3) is 0 Å². The molecule has 5 heteroatoms. The highest BCUT2D eigenvalue weighted by Crippen LogP contribution is 2.38. The smallest absolute Gasteiger partial charge is 0.407 e. The van der Waals surface area contributed by atoms with Crippen molar-refractivity contribution in [1.29, 1.82) is 0 Å². The Morgan fingerprint density at radius 1 is 1.30 bits per heavy atom. The molecule has 0 spiro atoms. The Balaban J connectivity index is 1.80. The maximum absolute atomic E-state index is 12.0. The van der Waals surface area contributed by atoms with E-state index in [-0.39, 0.29) is 17.7 Å². The summed E-state index contributed by atoms with van der Waals surface area (Å²) >= 11 is 0. The van der Waals surface area contributed by atoms with Crippen molar-refractivity contribution in [3.05, 3.63) is 34.4 Å². The summed E-state index contributed by atoms with van der Waals surface area (Å²) in [5, 5.41) is 2.82. The average molecular weight is 319 g/mol. The van der Waals surface area contributed by atoms with Gasteiger partial charge in [-0.25, -0.2) is 4.79 Å². The van der Waals surface area contributed by atoms with E-state index < -0.39 is 6.09 Å². The zero-order chi connectivity index (χ0) is 16.6. The Labute approximate surface area is 137 Å². The molecule has 0 aromatic heterocycles. The maximum atomic E-state index is 12.0. The zero-order valence-corrected chi connectivity index (χ0v) is 14.3. The molecule has 23 heavy (non-hydrogen) atoms. The van der Waals surface area contributed by atoms with Crippen molar-refractivity contribution >= 4 is 6.09 Å². The highest BCUT2D eigenvalue weighted by molar-refractivity contribution is 5.68. The zero-order valence-electron chi connectivity index (χ0n) is 14.3. The molecule has 1 amide bonds. The average Bonchev–Trinajstić information content (AvgIpc) is 2.92. The summed E-state index contributed by atoms with van der Waals surface area (Å²) in [6, 6.07) is 4.29. The van der Waals surface area contributed by atoms with E-state index in [0.717, 1.165) is 12.0 Å². The fraction of sp³-hybridized carbons (Fsp3) is 0.611. The van der Waals surface area contributed by atoms with Crippen molar-refractivity contribution in [2.75, 3.05) is 6.61 Å². The third-order valence-corrected chi connectivity index (χ3v) is 4.20. The molecule has 0 bridgehead atoms. The predicted octanol–water partition coefficient (Wildman–Crippen LogP) is 3.24. The van der Waals surface area contributed by atoms with Crippen LogP contribution in [0.15, 0.2) is 12.1 Å². The summed E-state index contributed by atoms with van der Waals surface area (Å²) in [5.41, 5.74) is 4.53. The topological polar surface area (TPSA) is 56.8 Å². The first kappa shape index (κ1) is 16.3. The standard InChI is InChI=1S/C18H25NO4/c1-11(23-17(20)19-18(2,3)4)16-15-12(7-8-22-16)5-6-13-9-21-10-14(13)15/h5-6,11,16H,7-10H2,1-4H3,(H,19,20)/t11-,16+/m1/s1. The molecule has 1 N–H and O–H groups in total. The highest BCUT2D eigenvalue weighted by atomic mass is 16.6. The fourth-order valence-corrected chi connectivity index (χ4v) is 3.22. The van der Waals surface area contributed by atoms with Crippen molar-refractivity contribution in [3.8, 4) is 0 Å². The van der Waals surface area contributed by atoms with Gasteiger partial charge in [0.05, 0.1) is 19.8 Å². The van der Waals surface area contributed by atoms with Crippen LogP contribution in [-0.4, -0.2) is 24.3 Å². The number of nitrogens with one attached hydrogen (secondary N) is 1. The summed E-state index contributed by atoms with van der Waals surface area (Å²) in [4.78, 5) is 12.0. The van der Waals surface area contributed by atoms with Crippen LogP contribution in [0.5, 0.6) is 0 Å². The third kappa shape index (κ3) is 3.51. The fourth-order valence-electron chi connectivity index (χ4n) is 3.22. The molecule has 2 heterocycles. The van der Waals surface area contributed by atoms with Crippen molar-refractivity contribution in [2.24, 2.45) is 0 Å². The van der Waals surface area contributed by atoms with Gasteiger partial charge in [0.1, 0.15) is 12.2 Å². The van der Waals surface area contributed by atoms with Crippen LogP contribution in [0.2, 0.25) is 0 Å². The summed E-state index contributed by atoms with van der Waals surface area (Å²) < 4.78 is 17.1. The summed E-state index contributed by atoms with van der Waals surface area (Å²) in [6.45, 7) is 9.57. The normalized spacial score (nSPS) is 21.3. The number of carbonyl (C=O) groups excluding carboxylic acids is 1. The molecule has 0 unspecified atom stereocenters. The van der Waals surface area contributed by atoms with Gasteiger partial charge >= 0.3 is 6.09 Å². The first-order valence-electron chi connectivity index (χ1n) is 8.17. The molecule has 126 valence electrons. The van der Waals surface area contributed by atoms with E-state index in [0.29, 0.717) is 19.8 Å². The molecule has 5 nitrogen and oxygen atoms in total. The Morgan fingerprint density at radius 2 is 2.04 bits per heavy atom. The van der Waals surface area contributed by atoms with Crippen molar-refractivity contribution in [1.82, 2.24) is 5.32 Å². The van der Waals surface area contributed by atoms with Crippen LogP contribution in [0.1, 0.15) is 56.1 Å². The number of hydrogen-bond donors (Lipinski definition) is 1. The second kappa shape index (κ2) is 6.13. The van der Waals surface area contributed by atoms with Gasteiger partial charge in [-0.1, -0.05) is 12.1 Å². The quantitative estimate of drug-likeness (QED) is 0.909. The van der Waals surface area contributed by atoms with Crippen LogP contribution in [0.25, 0.3) is 0 Å². The van der Waals surface area contributed by atoms with E-state index in [1.165, 1.54) is 16.7 Å². The second-order valence-corrected chi connectivity index (χ2v) is 7.30. The minimum absolute atomic E-state index is 0.235. The van der Waals surface area contributed by atoms with Crippen molar-refractivity contribution in [2.45, 2.75) is 65.1 Å². The molecule has 0 saturated heterocycles. The van der Waals surface area contributed by atoms with Crippen LogP contribution in [-0.2, 0) is 33.8 Å². The van der Waals surface area contributed by atoms with Crippen LogP contribution < -0.4 is 5.32 Å². The second-order valence-electron chi connectivity index (χ2n) is 7.30. The molecule has 3 rings (SSSR count). The van der Waals surface area contributed by atoms with Gasteiger partial charge in [0.15, 0.2) is 0 Å². The van der Waals surface area contributed by atoms with E-state index in [9.17, 15) is 4.79 Å². The third-order valence-electron chi connectivity index (χ3n) is 4.20. The first-order chi connectivity index (χ1) is 10.8. The minimum atomic E-state index is -0.412. The van der Waals surface area contributed by atoms with Crippen LogP contribution in [0.4, 0.5) is 4.79 Å². The number of amides is 1. The largest absolute Gasteiger partial charge is 0.443 e. The molecule has 2 aliphatic heterocycles. The van der Waals surface area contributed by atoms with Crippen LogP contribution in [0.3, 0.4) is 0 Å². The number of fused-ring (bicyclic) bond motifs is 3. The molecule has 2 atom stereocenters. The number of rotatable bonds is 2. The molecular formula is C18H25NO4. The van der Waals surface area contributed by atoms with Gasteiger partial charge in [-0.2, -0.15) is 0 Å². The van der Waals surface area contributed by atoms with Crippen molar-refractivity contribution in [3.63, 3.8) is 0 Å². The van der Waals surface area contributed by atoms with E-state index >= 15 is 0 Å². The van der Waals surface area contributed by atoms with Gasteiger partial charge in [-0.3, -0.25) is 0 Å². The number of benzene rings is 1. The number of ether oxygens (including phenoxy) is 3. The van der Waals surface area contributed by atoms with E-state index in [1.54, 1.807) is 0 Å². The highest BCUT2D eigenvalue weighted by Gasteiger charge is 2.33. The lowest BCUT2D eigenvalue weighted by Crippen LogP contribution is -2.43. The van der Waals surface area contributed by atoms with Gasteiger partial charge in [0, 0.05) is 5.54 Å². The van der Waals surface area contributed by atoms with Gasteiger partial charge in [0.2, 0.25) is 0 Å². The molecule has 0 saturated carbocycles. The monoisotopic (exact) mass is 319 g/mol. The lowest BCUT2D eigenvalue weighted by molar-refractivity contribution is -0.0469. The minimum Gasteiger partial charge on any atom is -0.443 e. The molecule has 0 radical (unpaired) electrons. The van der Waals surface area contributed by atoms with E-state index in [4.69, 9.17) is 14.2 Å². The SMILES string of the molecule is C[C@@H](OC(=O)NC(C)(C)C)[C@@H]1OCCc2ccc3c(c21)COC3. The molecule has 0 aliphatic carbocycles. The Hall–Kier alpha value is -1.59. The molecule has 2 aliphatic rings. The summed E-state index contributed by atoms with van der Waals surface area (Å²) in [7, 11) is 0. The van der Waals surface area contributed by atoms with Gasteiger partial charge < -0.3 is 19.5 Å². The van der Waals surface area contributed by atoms with E-state index in [1.807, 2.05) is 27.7 Å². The molecule has 1 aromatic rings. The molecule has 0 fully saturated rings. The maximum Gasteiger partial charge on any atom is 0.407 e. The Bertz CT molecular complexity index is 606. The summed E-state index contributed by atoms with van der Waals surface area (Å²) in [6.07, 6.45) is -0.116. The van der Waals surface area contributed by atoms with E-state index in [2.05, 4.69) is 17.4 Å². The lowest BCUT2D eigenvalue weighted by Gasteiger charge is -2.32. The lowest BCUT2D eigenvalue weighted by atomic mass is 9.88. The number of carbonyl (C=O) groups is 1. The van der Waals surface area contributed by atoms with Crippen molar-refractivity contribution < 1.29 is 19.0 Å². The van der Waals surface area contributed by atoms with Gasteiger partial charge in [-0.15, -0.1) is 0 Å². The van der Waals surface area contributed by atoms with Crippen LogP contribution >= 0.6 is 0 Å². The van der Waals surface area contributed by atoms with Crippen LogP contribution in [0, 0.1) is 0 Å². The Morgan fingerprint density at radius 3 is 2.78 bits per heavy atom.